The van der Waals surface area contributed by atoms with Crippen LogP contribution in [0.1, 0.15) is 55.6 Å². The minimum Gasteiger partial charge on any atom is -0.233 e. The van der Waals surface area contributed by atoms with Gasteiger partial charge in [0.05, 0.1) is 0 Å². The predicted octanol–water partition coefficient (Wildman–Crippen LogP) is 4.22. The first-order valence-corrected chi connectivity index (χ1v) is 11.6. The molecule has 0 amide bonds. The fourth-order valence-corrected chi connectivity index (χ4v) is 5.50. The van der Waals surface area contributed by atoms with E-state index in [2.05, 4.69) is 109 Å². The monoisotopic (exact) mass is 426 g/mol. The molecule has 4 nitrogen and oxygen atoms in total. The Morgan fingerprint density at radius 3 is 1.38 bits per heavy atom. The molecule has 0 aliphatic carbocycles. The van der Waals surface area contributed by atoms with Gasteiger partial charge in [-0.05, 0) is 97.2 Å². The van der Waals surface area contributed by atoms with Crippen LogP contribution in [0.2, 0.25) is 0 Å². The molecule has 0 fully saturated rings. The number of fused-ring (bicyclic) bond motifs is 8. The minimum atomic E-state index is 0.904. The van der Waals surface area contributed by atoms with Gasteiger partial charge in [0.25, 0.3) is 0 Å². The van der Waals surface area contributed by atoms with Gasteiger partial charge in [0, 0.05) is 0 Å². The number of hydrogen-bond donors (Lipinski definition) is 0. The van der Waals surface area contributed by atoms with Gasteiger partial charge in [-0.15, -0.1) is 0 Å². The molecule has 5 rings (SSSR count). The maximum absolute atomic E-state index is 2.36. The lowest BCUT2D eigenvalue weighted by molar-refractivity contribution is -0.689. The van der Waals surface area contributed by atoms with Crippen LogP contribution in [0.4, 0.5) is 0 Å². The molecule has 0 N–H and O–H groups in total. The zero-order chi connectivity index (χ0) is 22.6. The van der Waals surface area contributed by atoms with Crippen LogP contribution >= 0.6 is 0 Å². The first kappa shape index (κ1) is 20.7. The van der Waals surface area contributed by atoms with Crippen molar-refractivity contribution in [3.63, 3.8) is 0 Å². The first-order chi connectivity index (χ1) is 15.3. The van der Waals surface area contributed by atoms with E-state index < -0.39 is 0 Å². The molecular weight excluding hydrogens is 392 g/mol. The van der Waals surface area contributed by atoms with Gasteiger partial charge in [0.1, 0.15) is 51.0 Å². The summed E-state index contributed by atoms with van der Waals surface area (Å²) in [5, 5.41) is 0. The SMILES string of the molecule is Cc1cc(C)c2c(C)c1Cn1cc[n+](c1)Cc1c(C)cc(C)c(c1C)C[n+]1ccn(c1)C2. The summed E-state index contributed by atoms with van der Waals surface area (Å²) in [5.41, 5.74) is 14.1. The smallest absolute Gasteiger partial charge is 0.233 e. The fourth-order valence-electron chi connectivity index (χ4n) is 5.50. The average Bonchev–Trinajstić information content (AvgIpc) is 3.37. The highest BCUT2D eigenvalue weighted by atomic mass is 15.1. The van der Waals surface area contributed by atoms with E-state index in [0.29, 0.717) is 0 Å². The molecule has 3 heterocycles. The highest BCUT2D eigenvalue weighted by Gasteiger charge is 2.20. The summed E-state index contributed by atoms with van der Waals surface area (Å²) < 4.78 is 9.29. The normalized spacial score (nSPS) is 13.4. The van der Waals surface area contributed by atoms with Gasteiger partial charge in [0.2, 0.25) is 12.7 Å². The van der Waals surface area contributed by atoms with E-state index >= 15 is 0 Å². The van der Waals surface area contributed by atoms with Crippen LogP contribution in [0, 0.1) is 41.5 Å². The summed E-state index contributed by atoms with van der Waals surface area (Å²) in [4.78, 5) is 0. The number of aryl methyl sites for hydroxylation is 4. The average molecular weight is 427 g/mol. The molecular formula is C28H34N4+2. The first-order valence-electron chi connectivity index (χ1n) is 11.6. The summed E-state index contributed by atoms with van der Waals surface area (Å²) in [6.07, 6.45) is 13.4. The van der Waals surface area contributed by atoms with E-state index in [0.717, 1.165) is 26.2 Å². The second kappa shape index (κ2) is 7.77. The minimum absolute atomic E-state index is 0.904. The quantitative estimate of drug-likeness (QED) is 0.330. The number of imidazole rings is 2. The highest BCUT2D eigenvalue weighted by Crippen LogP contribution is 2.25. The summed E-state index contributed by atoms with van der Waals surface area (Å²) in [5.74, 6) is 0. The Morgan fingerprint density at radius 1 is 0.562 bits per heavy atom. The van der Waals surface area contributed by atoms with E-state index in [1.54, 1.807) is 0 Å². The summed E-state index contributed by atoms with van der Waals surface area (Å²) in [6.45, 7) is 17.2. The zero-order valence-corrected chi connectivity index (χ0v) is 20.2. The van der Waals surface area contributed by atoms with Gasteiger partial charge in [-0.1, -0.05) is 12.1 Å². The molecule has 0 spiro atoms. The molecule has 1 aliphatic heterocycles. The van der Waals surface area contributed by atoms with Crippen molar-refractivity contribution < 1.29 is 9.13 Å². The fraction of sp³-hybridized carbons (Fsp3) is 0.357. The lowest BCUT2D eigenvalue weighted by Gasteiger charge is -2.16. The summed E-state index contributed by atoms with van der Waals surface area (Å²) >= 11 is 0. The molecule has 0 atom stereocenters. The molecule has 2 aromatic carbocycles. The van der Waals surface area contributed by atoms with E-state index in [-0.39, 0.29) is 0 Å². The Morgan fingerprint density at radius 2 is 0.938 bits per heavy atom. The number of nitrogens with zero attached hydrogens (tertiary/aromatic N) is 4. The standard InChI is InChI=1S/C28H34N4/c1-19-11-20(2)26-14-30-9-10-32(18-30)16-28-22(4)12-21(3)27(24(28)6)15-31-8-7-29(17-31)13-25(19)23(26)5/h7-12,17-18H,13-16H2,1-6H3/q+2. The molecule has 0 saturated heterocycles. The van der Waals surface area contributed by atoms with Gasteiger partial charge in [-0.3, -0.25) is 0 Å². The van der Waals surface area contributed by atoms with Crippen molar-refractivity contribution in [3.8, 4) is 0 Å². The van der Waals surface area contributed by atoms with Gasteiger partial charge in [-0.2, -0.15) is 0 Å². The zero-order valence-electron chi connectivity index (χ0n) is 20.2. The van der Waals surface area contributed by atoms with Gasteiger partial charge < -0.3 is 0 Å². The molecule has 8 bridgehead atoms. The highest BCUT2D eigenvalue weighted by molar-refractivity contribution is 5.45. The van der Waals surface area contributed by atoms with Crippen LogP contribution in [0.5, 0.6) is 0 Å². The van der Waals surface area contributed by atoms with Crippen molar-refractivity contribution in [1.29, 1.82) is 0 Å². The molecule has 164 valence electrons. The number of benzene rings is 2. The molecule has 0 radical (unpaired) electrons. The Bertz CT molecular complexity index is 1140. The second-order valence-electron chi connectivity index (χ2n) is 9.70. The number of hydrogen-bond acceptors (Lipinski definition) is 0. The van der Waals surface area contributed by atoms with Crippen molar-refractivity contribution >= 4 is 0 Å². The second-order valence-corrected chi connectivity index (χ2v) is 9.70. The lowest BCUT2D eigenvalue weighted by Crippen LogP contribution is -2.35. The van der Waals surface area contributed by atoms with Crippen molar-refractivity contribution in [2.24, 2.45) is 0 Å². The molecule has 4 aromatic rings. The Balaban J connectivity index is 1.69. The maximum Gasteiger partial charge on any atom is 0.244 e. The summed E-state index contributed by atoms with van der Waals surface area (Å²) in [7, 11) is 0. The molecule has 0 unspecified atom stereocenters. The van der Waals surface area contributed by atoms with Crippen LogP contribution in [-0.2, 0) is 26.2 Å². The topological polar surface area (TPSA) is 17.6 Å². The van der Waals surface area contributed by atoms with Crippen LogP contribution in [0.15, 0.2) is 49.6 Å². The van der Waals surface area contributed by atoms with E-state index in [9.17, 15) is 0 Å². The summed E-state index contributed by atoms with van der Waals surface area (Å²) in [6, 6.07) is 4.72. The maximum atomic E-state index is 2.36. The Kier molecular flexibility index (Phi) is 5.04. The largest absolute Gasteiger partial charge is 0.244 e. The third-order valence-corrected chi connectivity index (χ3v) is 7.44. The molecule has 2 aromatic heterocycles. The molecule has 1 aliphatic rings. The van der Waals surface area contributed by atoms with Crippen LogP contribution in [0.25, 0.3) is 0 Å². The third-order valence-electron chi connectivity index (χ3n) is 7.44. The molecule has 32 heavy (non-hydrogen) atoms. The predicted molar refractivity (Wildman–Crippen MR) is 127 cm³/mol. The van der Waals surface area contributed by atoms with Crippen LogP contribution in [0.3, 0.4) is 0 Å². The van der Waals surface area contributed by atoms with Gasteiger partial charge in [0.15, 0.2) is 0 Å². The van der Waals surface area contributed by atoms with Crippen molar-refractivity contribution in [2.75, 3.05) is 0 Å². The van der Waals surface area contributed by atoms with Crippen molar-refractivity contribution in [3.05, 3.63) is 105 Å². The number of aromatic nitrogens is 4. The third kappa shape index (κ3) is 3.58. The van der Waals surface area contributed by atoms with E-state index in [1.807, 2.05) is 0 Å². The number of rotatable bonds is 0. The lowest BCUT2D eigenvalue weighted by atomic mass is 9.93. The van der Waals surface area contributed by atoms with Gasteiger partial charge >= 0.3 is 0 Å². The van der Waals surface area contributed by atoms with Crippen molar-refractivity contribution in [1.82, 2.24) is 9.13 Å². The Labute approximate surface area is 191 Å². The Hall–Kier alpha value is -3.14. The van der Waals surface area contributed by atoms with E-state index in [1.165, 1.54) is 55.6 Å². The van der Waals surface area contributed by atoms with E-state index in [4.69, 9.17) is 0 Å². The van der Waals surface area contributed by atoms with Gasteiger partial charge in [-0.25, -0.2) is 18.3 Å². The van der Waals surface area contributed by atoms with Crippen molar-refractivity contribution in [2.45, 2.75) is 67.7 Å². The molecule has 4 heteroatoms. The van der Waals surface area contributed by atoms with Crippen LogP contribution in [-0.4, -0.2) is 9.13 Å². The van der Waals surface area contributed by atoms with Crippen LogP contribution < -0.4 is 9.13 Å². The molecule has 0 saturated carbocycles.